The lowest BCUT2D eigenvalue weighted by atomic mass is 9.68. The average molecular weight is 298 g/mol. The molecular weight excluding hydrogens is 272 g/mol. The Morgan fingerprint density at radius 2 is 1.91 bits per heavy atom. The summed E-state index contributed by atoms with van der Waals surface area (Å²) < 4.78 is 0. The van der Waals surface area contributed by atoms with Gasteiger partial charge < -0.3 is 10.2 Å². The first-order chi connectivity index (χ1) is 10.3. The van der Waals surface area contributed by atoms with Crippen molar-refractivity contribution in [2.24, 2.45) is 11.3 Å². The molecule has 1 atom stereocenters. The molecule has 0 fully saturated rings. The molecule has 0 aromatic heterocycles. The quantitative estimate of drug-likeness (QED) is 0.704. The van der Waals surface area contributed by atoms with Gasteiger partial charge in [-0.3, -0.25) is 0 Å². The number of phenolic OH excluding ortho intramolecular Hbond substituents is 2. The maximum atomic E-state index is 10.5. The fourth-order valence-corrected chi connectivity index (χ4v) is 3.94. The monoisotopic (exact) mass is 298 g/mol. The summed E-state index contributed by atoms with van der Waals surface area (Å²) in [6.07, 6.45) is 9.65. The van der Waals surface area contributed by atoms with Crippen molar-refractivity contribution in [2.45, 2.75) is 52.9 Å². The lowest BCUT2D eigenvalue weighted by Gasteiger charge is -2.37. The van der Waals surface area contributed by atoms with Gasteiger partial charge in [0.05, 0.1) is 0 Å². The summed E-state index contributed by atoms with van der Waals surface area (Å²) >= 11 is 0. The zero-order chi connectivity index (χ0) is 16.1. The van der Waals surface area contributed by atoms with Crippen LogP contribution in [-0.2, 0) is 6.42 Å². The Bertz CT molecular complexity index is 663. The average Bonchev–Trinajstić information content (AvgIpc) is 2.62. The standard InChI is InChI=1S/C20H26O2/c1-12(2)15-10-13-7-8-17-14(6-5-9-20(17,3)4)11-16(13)19(22)18(15)21/h5-6,10-12,17,21-22H,7-9H2,1-4H3. The van der Waals surface area contributed by atoms with E-state index in [2.05, 4.69) is 38.1 Å². The minimum absolute atomic E-state index is 0.0445. The summed E-state index contributed by atoms with van der Waals surface area (Å²) in [5.41, 5.74) is 4.34. The highest BCUT2D eigenvalue weighted by Gasteiger charge is 2.34. The first kappa shape index (κ1) is 15.2. The van der Waals surface area contributed by atoms with E-state index in [4.69, 9.17) is 0 Å². The van der Waals surface area contributed by atoms with Crippen LogP contribution in [0.15, 0.2) is 23.8 Å². The Labute approximate surface area is 133 Å². The lowest BCUT2D eigenvalue weighted by molar-refractivity contribution is 0.235. The predicted molar refractivity (Wildman–Crippen MR) is 91.2 cm³/mol. The first-order valence-corrected chi connectivity index (χ1v) is 8.27. The highest BCUT2D eigenvalue weighted by atomic mass is 16.3. The minimum atomic E-state index is 0.0445. The van der Waals surface area contributed by atoms with Gasteiger partial charge in [-0.25, -0.2) is 0 Å². The topological polar surface area (TPSA) is 40.5 Å². The van der Waals surface area contributed by atoms with Crippen LogP contribution in [0.2, 0.25) is 0 Å². The third-order valence-electron chi connectivity index (χ3n) is 5.36. The van der Waals surface area contributed by atoms with E-state index >= 15 is 0 Å². The van der Waals surface area contributed by atoms with Crippen LogP contribution in [0.5, 0.6) is 11.5 Å². The molecule has 1 aromatic rings. The van der Waals surface area contributed by atoms with E-state index in [-0.39, 0.29) is 22.8 Å². The van der Waals surface area contributed by atoms with Gasteiger partial charge in [-0.1, -0.05) is 45.9 Å². The molecule has 0 aliphatic heterocycles. The number of hydrogen-bond acceptors (Lipinski definition) is 2. The molecule has 0 bridgehead atoms. The molecule has 0 spiro atoms. The second-order valence-corrected chi connectivity index (χ2v) is 7.72. The number of rotatable bonds is 1. The van der Waals surface area contributed by atoms with Crippen LogP contribution in [0, 0.1) is 11.3 Å². The van der Waals surface area contributed by atoms with Gasteiger partial charge in [0.25, 0.3) is 0 Å². The molecule has 2 N–H and O–H groups in total. The van der Waals surface area contributed by atoms with Crippen molar-refractivity contribution in [3.8, 4) is 11.5 Å². The zero-order valence-electron chi connectivity index (χ0n) is 14.0. The van der Waals surface area contributed by atoms with Crippen LogP contribution in [0.25, 0.3) is 6.08 Å². The summed E-state index contributed by atoms with van der Waals surface area (Å²) in [6, 6.07) is 2.08. The number of aryl methyl sites for hydroxylation is 1. The molecule has 118 valence electrons. The number of aromatic hydroxyl groups is 2. The van der Waals surface area contributed by atoms with Gasteiger partial charge in [0, 0.05) is 11.1 Å². The lowest BCUT2D eigenvalue weighted by Crippen LogP contribution is -2.27. The highest BCUT2D eigenvalue weighted by Crippen LogP contribution is 2.48. The van der Waals surface area contributed by atoms with E-state index in [1.807, 2.05) is 13.8 Å². The second kappa shape index (κ2) is 5.19. The summed E-state index contributed by atoms with van der Waals surface area (Å²) in [6.45, 7) is 8.73. The highest BCUT2D eigenvalue weighted by molar-refractivity contribution is 5.71. The third kappa shape index (κ3) is 2.35. The van der Waals surface area contributed by atoms with Crippen molar-refractivity contribution >= 4 is 6.08 Å². The molecule has 22 heavy (non-hydrogen) atoms. The largest absolute Gasteiger partial charge is 0.504 e. The smallest absolute Gasteiger partial charge is 0.165 e. The Kier molecular flexibility index (Phi) is 3.58. The molecule has 1 aromatic carbocycles. The third-order valence-corrected chi connectivity index (χ3v) is 5.36. The molecule has 0 heterocycles. The van der Waals surface area contributed by atoms with Gasteiger partial charge in [-0.15, -0.1) is 0 Å². The van der Waals surface area contributed by atoms with Gasteiger partial charge in [0.15, 0.2) is 11.5 Å². The van der Waals surface area contributed by atoms with Gasteiger partial charge in [-0.2, -0.15) is 0 Å². The summed E-state index contributed by atoms with van der Waals surface area (Å²) in [7, 11) is 0. The minimum Gasteiger partial charge on any atom is -0.504 e. The Morgan fingerprint density at radius 1 is 1.18 bits per heavy atom. The zero-order valence-corrected chi connectivity index (χ0v) is 14.0. The number of benzene rings is 1. The maximum Gasteiger partial charge on any atom is 0.165 e. The molecule has 0 saturated carbocycles. The van der Waals surface area contributed by atoms with E-state index in [9.17, 15) is 10.2 Å². The van der Waals surface area contributed by atoms with Crippen LogP contribution in [0.4, 0.5) is 0 Å². The van der Waals surface area contributed by atoms with Gasteiger partial charge >= 0.3 is 0 Å². The van der Waals surface area contributed by atoms with E-state index < -0.39 is 0 Å². The van der Waals surface area contributed by atoms with E-state index in [1.165, 1.54) is 5.57 Å². The SMILES string of the molecule is CC(C)c1cc2c(c(O)c1O)C=C1C=CCC(C)(C)C1CC2. The van der Waals surface area contributed by atoms with Crippen molar-refractivity contribution in [2.75, 3.05) is 0 Å². The van der Waals surface area contributed by atoms with E-state index in [0.717, 1.165) is 36.0 Å². The first-order valence-electron chi connectivity index (χ1n) is 8.27. The van der Waals surface area contributed by atoms with Gasteiger partial charge in [-0.05, 0) is 53.7 Å². The molecule has 3 rings (SSSR count). The van der Waals surface area contributed by atoms with Crippen molar-refractivity contribution in [3.05, 3.63) is 40.5 Å². The fourth-order valence-electron chi connectivity index (χ4n) is 3.94. The van der Waals surface area contributed by atoms with Crippen molar-refractivity contribution < 1.29 is 10.2 Å². The fraction of sp³-hybridized carbons (Fsp3) is 0.500. The Hall–Kier alpha value is -1.70. The molecule has 1 unspecified atom stereocenters. The van der Waals surface area contributed by atoms with Crippen LogP contribution >= 0.6 is 0 Å². The van der Waals surface area contributed by atoms with Crippen LogP contribution in [0.1, 0.15) is 63.1 Å². The number of hydrogen-bond donors (Lipinski definition) is 2. The maximum absolute atomic E-state index is 10.5. The van der Waals surface area contributed by atoms with Gasteiger partial charge in [0.1, 0.15) is 0 Å². The second-order valence-electron chi connectivity index (χ2n) is 7.72. The molecule has 0 amide bonds. The van der Waals surface area contributed by atoms with E-state index in [1.54, 1.807) is 0 Å². The number of phenols is 2. The molecule has 2 aliphatic rings. The van der Waals surface area contributed by atoms with E-state index in [0.29, 0.717) is 5.92 Å². The molecule has 0 radical (unpaired) electrons. The Balaban J connectivity index is 2.16. The van der Waals surface area contributed by atoms with Crippen LogP contribution in [0.3, 0.4) is 0 Å². The van der Waals surface area contributed by atoms with Crippen LogP contribution < -0.4 is 0 Å². The number of fused-ring (bicyclic) bond motifs is 2. The molecule has 2 aliphatic carbocycles. The summed E-state index contributed by atoms with van der Waals surface area (Å²) in [4.78, 5) is 0. The summed E-state index contributed by atoms with van der Waals surface area (Å²) in [5, 5.41) is 20.8. The molecule has 0 saturated heterocycles. The van der Waals surface area contributed by atoms with Crippen molar-refractivity contribution in [3.63, 3.8) is 0 Å². The molecule has 2 heteroatoms. The molecule has 2 nitrogen and oxygen atoms in total. The van der Waals surface area contributed by atoms with Crippen molar-refractivity contribution in [1.82, 2.24) is 0 Å². The Morgan fingerprint density at radius 3 is 2.59 bits per heavy atom. The summed E-state index contributed by atoms with van der Waals surface area (Å²) in [5.74, 6) is 0.800. The number of allylic oxidation sites excluding steroid dienone is 3. The van der Waals surface area contributed by atoms with Crippen molar-refractivity contribution in [1.29, 1.82) is 0 Å². The van der Waals surface area contributed by atoms with Gasteiger partial charge in [0.2, 0.25) is 0 Å². The van der Waals surface area contributed by atoms with Crippen LogP contribution in [-0.4, -0.2) is 10.2 Å². The molecular formula is C20H26O2. The predicted octanol–water partition coefficient (Wildman–Crippen LogP) is 5.15. The normalized spacial score (nSPS) is 22.8.